The second-order valence-electron chi connectivity index (χ2n) is 8.17. The Morgan fingerprint density at radius 2 is 1.75 bits per heavy atom. The molecule has 0 spiro atoms. The second-order valence-corrected chi connectivity index (χ2v) is 8.17. The van der Waals surface area contributed by atoms with Gasteiger partial charge in [0.2, 0.25) is 11.8 Å². The highest BCUT2D eigenvalue weighted by Crippen LogP contribution is 2.28. The third-order valence-electron chi connectivity index (χ3n) is 6.16. The molecular weight excluding hydrogens is 412 g/mol. The standard InChI is InChI=1S/C22H22N6O4/c29-19-6-5-17(20(30)24-19)28-21(31)15-4-3-14(12-16(15)22(28)32)13-26-8-10-27(11-9-26)18-2-1-7-23-25-18/h1-4,7,12,17H,5-6,8-11,13H2,(H,24,29,30). The first-order valence-corrected chi connectivity index (χ1v) is 10.6. The quantitative estimate of drug-likeness (QED) is 0.679. The van der Waals surface area contributed by atoms with E-state index in [0.717, 1.165) is 42.5 Å². The van der Waals surface area contributed by atoms with Gasteiger partial charge in [0, 0.05) is 45.3 Å². The summed E-state index contributed by atoms with van der Waals surface area (Å²) < 4.78 is 0. The van der Waals surface area contributed by atoms with Gasteiger partial charge in [-0.15, -0.1) is 5.10 Å². The number of hydrogen-bond donors (Lipinski definition) is 1. The van der Waals surface area contributed by atoms with Crippen molar-refractivity contribution in [2.75, 3.05) is 31.1 Å². The minimum absolute atomic E-state index is 0.107. The molecule has 2 aromatic rings. The van der Waals surface area contributed by atoms with Crippen LogP contribution in [0.1, 0.15) is 39.1 Å². The molecule has 0 bridgehead atoms. The molecule has 1 unspecified atom stereocenters. The third kappa shape index (κ3) is 3.62. The Kier molecular flexibility index (Phi) is 5.14. The molecule has 32 heavy (non-hydrogen) atoms. The summed E-state index contributed by atoms with van der Waals surface area (Å²) in [6.07, 6.45) is 1.91. The average Bonchev–Trinajstić information content (AvgIpc) is 3.05. The number of piperidine rings is 1. The molecule has 10 heteroatoms. The van der Waals surface area contributed by atoms with E-state index >= 15 is 0 Å². The van der Waals surface area contributed by atoms with Gasteiger partial charge in [0.1, 0.15) is 6.04 Å². The second kappa shape index (κ2) is 8.12. The molecule has 1 atom stereocenters. The van der Waals surface area contributed by atoms with Crippen LogP contribution in [0.2, 0.25) is 0 Å². The Balaban J connectivity index is 1.26. The number of fused-ring (bicyclic) bond motifs is 1. The number of imide groups is 2. The first-order chi connectivity index (χ1) is 15.5. The summed E-state index contributed by atoms with van der Waals surface area (Å²) in [6, 6.07) is 8.13. The monoisotopic (exact) mass is 434 g/mol. The number of nitrogens with one attached hydrogen (secondary N) is 1. The molecule has 1 N–H and O–H groups in total. The van der Waals surface area contributed by atoms with E-state index in [1.165, 1.54) is 0 Å². The molecule has 0 saturated carbocycles. The van der Waals surface area contributed by atoms with Gasteiger partial charge in [-0.05, 0) is 36.2 Å². The number of nitrogens with zero attached hydrogens (tertiary/aromatic N) is 5. The van der Waals surface area contributed by atoms with E-state index in [1.807, 2.05) is 18.2 Å². The van der Waals surface area contributed by atoms with E-state index in [1.54, 1.807) is 18.3 Å². The fourth-order valence-corrected chi connectivity index (χ4v) is 4.47. The van der Waals surface area contributed by atoms with Gasteiger partial charge >= 0.3 is 0 Å². The van der Waals surface area contributed by atoms with Crippen LogP contribution < -0.4 is 10.2 Å². The van der Waals surface area contributed by atoms with Crippen LogP contribution in [-0.2, 0) is 16.1 Å². The summed E-state index contributed by atoms with van der Waals surface area (Å²) in [5.74, 6) is -1.08. The Morgan fingerprint density at radius 1 is 0.969 bits per heavy atom. The fourth-order valence-electron chi connectivity index (χ4n) is 4.47. The van der Waals surface area contributed by atoms with Crippen LogP contribution in [0.5, 0.6) is 0 Å². The molecule has 1 aromatic carbocycles. The number of hydrogen-bond acceptors (Lipinski definition) is 8. The summed E-state index contributed by atoms with van der Waals surface area (Å²) in [4.78, 5) is 54.9. The lowest BCUT2D eigenvalue weighted by molar-refractivity contribution is -0.136. The molecule has 2 fully saturated rings. The molecule has 0 aliphatic carbocycles. The summed E-state index contributed by atoms with van der Waals surface area (Å²) in [5.41, 5.74) is 1.55. The number of benzene rings is 1. The summed E-state index contributed by atoms with van der Waals surface area (Å²) >= 11 is 0. The van der Waals surface area contributed by atoms with Crippen molar-refractivity contribution in [3.8, 4) is 0 Å². The molecule has 3 aliphatic heterocycles. The Labute approximate surface area is 184 Å². The van der Waals surface area contributed by atoms with Crippen molar-refractivity contribution in [1.82, 2.24) is 25.3 Å². The highest BCUT2D eigenvalue weighted by atomic mass is 16.2. The van der Waals surface area contributed by atoms with Crippen LogP contribution in [-0.4, -0.2) is 75.8 Å². The molecule has 5 rings (SSSR count). The topological polar surface area (TPSA) is 116 Å². The number of amides is 4. The zero-order valence-corrected chi connectivity index (χ0v) is 17.4. The largest absolute Gasteiger partial charge is 0.353 e. The zero-order chi connectivity index (χ0) is 22.2. The van der Waals surface area contributed by atoms with Crippen molar-refractivity contribution in [2.24, 2.45) is 0 Å². The van der Waals surface area contributed by atoms with E-state index in [9.17, 15) is 19.2 Å². The van der Waals surface area contributed by atoms with Crippen LogP contribution in [0.4, 0.5) is 5.82 Å². The van der Waals surface area contributed by atoms with Gasteiger partial charge in [-0.3, -0.25) is 34.3 Å². The van der Waals surface area contributed by atoms with E-state index in [4.69, 9.17) is 0 Å². The highest BCUT2D eigenvalue weighted by Gasteiger charge is 2.44. The van der Waals surface area contributed by atoms with Gasteiger partial charge in [0.15, 0.2) is 5.82 Å². The highest BCUT2D eigenvalue weighted by molar-refractivity contribution is 6.23. The van der Waals surface area contributed by atoms with Crippen molar-refractivity contribution in [3.05, 3.63) is 53.2 Å². The van der Waals surface area contributed by atoms with Crippen LogP contribution in [0.15, 0.2) is 36.5 Å². The van der Waals surface area contributed by atoms with Gasteiger partial charge < -0.3 is 4.90 Å². The van der Waals surface area contributed by atoms with Crippen molar-refractivity contribution in [3.63, 3.8) is 0 Å². The predicted octanol–water partition coefficient (Wildman–Crippen LogP) is 0.200. The van der Waals surface area contributed by atoms with Gasteiger partial charge in [0.05, 0.1) is 11.1 Å². The van der Waals surface area contributed by atoms with Crippen molar-refractivity contribution >= 4 is 29.4 Å². The maximum Gasteiger partial charge on any atom is 0.262 e. The first kappa shape index (κ1) is 20.3. The summed E-state index contributed by atoms with van der Waals surface area (Å²) in [5, 5.41) is 10.3. The normalized spacial score (nSPS) is 21.7. The minimum atomic E-state index is -0.947. The van der Waals surface area contributed by atoms with Gasteiger partial charge in [-0.2, -0.15) is 5.10 Å². The Morgan fingerprint density at radius 3 is 2.47 bits per heavy atom. The molecule has 10 nitrogen and oxygen atoms in total. The molecular formula is C22H22N6O4. The lowest BCUT2D eigenvalue weighted by Crippen LogP contribution is -2.54. The first-order valence-electron chi connectivity index (χ1n) is 10.6. The van der Waals surface area contributed by atoms with Crippen LogP contribution in [0, 0.1) is 0 Å². The lowest BCUT2D eigenvalue weighted by atomic mass is 10.0. The van der Waals surface area contributed by atoms with Crippen molar-refractivity contribution in [2.45, 2.75) is 25.4 Å². The van der Waals surface area contributed by atoms with E-state index < -0.39 is 23.8 Å². The van der Waals surface area contributed by atoms with Crippen LogP contribution in [0.25, 0.3) is 0 Å². The predicted molar refractivity (Wildman–Crippen MR) is 113 cm³/mol. The Bertz CT molecular complexity index is 1100. The average molecular weight is 434 g/mol. The molecule has 4 heterocycles. The number of anilines is 1. The third-order valence-corrected chi connectivity index (χ3v) is 6.16. The summed E-state index contributed by atoms with van der Waals surface area (Å²) in [7, 11) is 0. The smallest absolute Gasteiger partial charge is 0.262 e. The number of carbonyl (C=O) groups excluding carboxylic acids is 4. The molecule has 4 amide bonds. The summed E-state index contributed by atoms with van der Waals surface area (Å²) in [6.45, 7) is 3.97. The maximum absolute atomic E-state index is 13.0. The number of piperazine rings is 1. The number of rotatable bonds is 4. The number of carbonyl (C=O) groups is 4. The van der Waals surface area contributed by atoms with E-state index in [-0.39, 0.29) is 18.7 Å². The molecule has 0 radical (unpaired) electrons. The zero-order valence-electron chi connectivity index (χ0n) is 17.4. The number of aromatic nitrogens is 2. The van der Waals surface area contributed by atoms with Gasteiger partial charge in [0.25, 0.3) is 11.8 Å². The fraction of sp³-hybridized carbons (Fsp3) is 0.364. The molecule has 1 aromatic heterocycles. The van der Waals surface area contributed by atoms with Gasteiger partial charge in [-0.1, -0.05) is 6.07 Å². The van der Waals surface area contributed by atoms with Crippen LogP contribution in [0.3, 0.4) is 0 Å². The van der Waals surface area contributed by atoms with Crippen molar-refractivity contribution in [1.29, 1.82) is 0 Å². The minimum Gasteiger partial charge on any atom is -0.353 e. The molecule has 164 valence electrons. The molecule has 2 saturated heterocycles. The van der Waals surface area contributed by atoms with E-state index in [2.05, 4.69) is 25.3 Å². The van der Waals surface area contributed by atoms with Gasteiger partial charge in [-0.25, -0.2) is 0 Å². The Hall–Kier alpha value is -3.66. The van der Waals surface area contributed by atoms with E-state index in [0.29, 0.717) is 17.7 Å². The lowest BCUT2D eigenvalue weighted by Gasteiger charge is -2.35. The SMILES string of the molecule is O=C1CCC(N2C(=O)c3ccc(CN4CCN(c5cccnn5)CC4)cc3C2=O)C(=O)N1. The maximum atomic E-state index is 13.0. The molecule has 3 aliphatic rings. The van der Waals surface area contributed by atoms with Crippen LogP contribution >= 0.6 is 0 Å². The van der Waals surface area contributed by atoms with Crippen molar-refractivity contribution < 1.29 is 19.2 Å².